The lowest BCUT2D eigenvalue weighted by atomic mass is 10.1. The third-order valence-electron chi connectivity index (χ3n) is 4.88. The molecule has 0 saturated heterocycles. The van der Waals surface area contributed by atoms with Crippen LogP contribution in [0.25, 0.3) is 6.08 Å². The number of rotatable bonds is 7. The first kappa shape index (κ1) is 21.3. The van der Waals surface area contributed by atoms with E-state index in [1.54, 1.807) is 48.5 Å². The van der Waals surface area contributed by atoms with Gasteiger partial charge in [-0.1, -0.05) is 24.3 Å². The number of carbonyl (C=O) groups is 1. The van der Waals surface area contributed by atoms with Crippen LogP contribution in [0, 0.1) is 5.82 Å². The van der Waals surface area contributed by atoms with Crippen LogP contribution in [0.3, 0.4) is 0 Å². The van der Waals surface area contributed by atoms with Crippen molar-refractivity contribution in [1.29, 1.82) is 0 Å². The van der Waals surface area contributed by atoms with Crippen molar-refractivity contribution >= 4 is 23.5 Å². The average Bonchev–Trinajstić information content (AvgIpc) is 3.12. The summed E-state index contributed by atoms with van der Waals surface area (Å²) >= 11 is 0. The Bertz CT molecular complexity index is 1170. The van der Waals surface area contributed by atoms with Gasteiger partial charge in [0.2, 0.25) is 0 Å². The number of anilines is 1. The van der Waals surface area contributed by atoms with Gasteiger partial charge in [0.15, 0.2) is 5.84 Å². The maximum absolute atomic E-state index is 14.6. The number of ether oxygens (including phenoxy) is 2. The molecule has 1 amide bonds. The number of benzene rings is 3. The lowest BCUT2D eigenvalue weighted by Gasteiger charge is -2.19. The molecule has 3 aromatic rings. The maximum atomic E-state index is 14.6. The zero-order valence-electron chi connectivity index (χ0n) is 17.9. The molecule has 1 aliphatic heterocycles. The topological polar surface area (TPSA) is 51.1 Å². The normalized spacial score (nSPS) is 14.6. The Labute approximate surface area is 186 Å². The van der Waals surface area contributed by atoms with Crippen molar-refractivity contribution in [1.82, 2.24) is 0 Å². The summed E-state index contributed by atoms with van der Waals surface area (Å²) in [5.41, 5.74) is 1.85. The van der Waals surface area contributed by atoms with Crippen molar-refractivity contribution in [2.45, 2.75) is 13.8 Å². The van der Waals surface area contributed by atoms with Crippen LogP contribution in [-0.2, 0) is 4.79 Å². The first-order chi connectivity index (χ1) is 15.6. The molecule has 1 aliphatic rings. The van der Waals surface area contributed by atoms with Gasteiger partial charge in [0.05, 0.1) is 24.5 Å². The van der Waals surface area contributed by atoms with Gasteiger partial charge < -0.3 is 9.47 Å². The third-order valence-corrected chi connectivity index (χ3v) is 4.88. The summed E-state index contributed by atoms with van der Waals surface area (Å²) < 4.78 is 25.6. The first-order valence-corrected chi connectivity index (χ1v) is 10.5. The number of nitrogens with zero attached hydrogens (tertiary/aromatic N) is 2. The fourth-order valence-electron chi connectivity index (χ4n) is 3.42. The van der Waals surface area contributed by atoms with Crippen molar-refractivity contribution in [3.05, 3.63) is 95.4 Å². The second kappa shape index (κ2) is 9.47. The van der Waals surface area contributed by atoms with Gasteiger partial charge in [-0.25, -0.2) is 9.38 Å². The van der Waals surface area contributed by atoms with Gasteiger partial charge in [-0.05, 0) is 74.0 Å². The highest BCUT2D eigenvalue weighted by atomic mass is 19.1. The number of aliphatic imine (C=N–C) groups is 1. The quantitative estimate of drug-likeness (QED) is 0.468. The van der Waals surface area contributed by atoms with E-state index in [0.29, 0.717) is 24.7 Å². The molecule has 0 aromatic heterocycles. The maximum Gasteiger partial charge on any atom is 0.282 e. The molecule has 0 atom stereocenters. The molecule has 6 heteroatoms. The third kappa shape index (κ3) is 4.39. The smallest absolute Gasteiger partial charge is 0.282 e. The van der Waals surface area contributed by atoms with Crippen LogP contribution < -0.4 is 14.4 Å². The molecule has 0 N–H and O–H groups in total. The SMILES string of the molecule is CCOc1ccc(/C=C2/N=C(c3ccccc3F)N(c3ccc(OCC)cc3)C2=O)cc1. The Morgan fingerprint density at radius 1 is 0.875 bits per heavy atom. The summed E-state index contributed by atoms with van der Waals surface area (Å²) in [6.07, 6.45) is 1.69. The minimum atomic E-state index is -0.447. The molecule has 0 spiro atoms. The van der Waals surface area contributed by atoms with Crippen LogP contribution in [0.2, 0.25) is 0 Å². The van der Waals surface area contributed by atoms with Crippen LogP contribution in [0.15, 0.2) is 83.5 Å². The zero-order chi connectivity index (χ0) is 22.5. The lowest BCUT2D eigenvalue weighted by molar-refractivity contribution is -0.113. The number of hydrogen-bond donors (Lipinski definition) is 0. The summed E-state index contributed by atoms with van der Waals surface area (Å²) in [4.78, 5) is 19.3. The van der Waals surface area contributed by atoms with Gasteiger partial charge in [-0.15, -0.1) is 0 Å². The predicted octanol–water partition coefficient (Wildman–Crippen LogP) is 5.46. The van der Waals surface area contributed by atoms with Crippen molar-refractivity contribution in [3.63, 3.8) is 0 Å². The molecule has 0 bridgehead atoms. The molecule has 3 aromatic carbocycles. The van der Waals surface area contributed by atoms with Gasteiger partial charge >= 0.3 is 0 Å². The second-order valence-electron chi connectivity index (χ2n) is 7.01. The Morgan fingerprint density at radius 2 is 1.47 bits per heavy atom. The number of amides is 1. The van der Waals surface area contributed by atoms with E-state index in [0.717, 1.165) is 11.3 Å². The molecule has 0 radical (unpaired) electrons. The fraction of sp³-hybridized carbons (Fsp3) is 0.154. The van der Waals surface area contributed by atoms with Gasteiger partial charge in [-0.2, -0.15) is 0 Å². The standard InChI is InChI=1S/C26H23FN2O3/c1-3-31-20-13-9-18(10-14-20)17-24-26(30)29(19-11-15-21(16-12-19)32-4-2)25(28-24)22-7-5-6-8-23(22)27/h5-17H,3-4H2,1-2H3/b24-17+. The molecule has 5 nitrogen and oxygen atoms in total. The predicted molar refractivity (Wildman–Crippen MR) is 124 cm³/mol. The first-order valence-electron chi connectivity index (χ1n) is 10.5. The van der Waals surface area contributed by atoms with E-state index in [-0.39, 0.29) is 23.0 Å². The van der Waals surface area contributed by atoms with Crippen LogP contribution in [0.1, 0.15) is 25.0 Å². The summed E-state index contributed by atoms with van der Waals surface area (Å²) in [7, 11) is 0. The van der Waals surface area contributed by atoms with E-state index in [1.807, 2.05) is 38.1 Å². The molecule has 1 heterocycles. The van der Waals surface area contributed by atoms with Crippen LogP contribution in [0.4, 0.5) is 10.1 Å². The number of hydrogen-bond acceptors (Lipinski definition) is 4. The van der Waals surface area contributed by atoms with E-state index in [2.05, 4.69) is 4.99 Å². The fourth-order valence-corrected chi connectivity index (χ4v) is 3.42. The Morgan fingerprint density at radius 3 is 2.06 bits per heavy atom. The molecule has 0 unspecified atom stereocenters. The van der Waals surface area contributed by atoms with Crippen molar-refractivity contribution < 1.29 is 18.7 Å². The molecular weight excluding hydrogens is 407 g/mol. The van der Waals surface area contributed by atoms with Gasteiger partial charge in [0.25, 0.3) is 5.91 Å². The Kier molecular flexibility index (Phi) is 6.31. The average molecular weight is 430 g/mol. The number of halogens is 1. The molecule has 0 aliphatic carbocycles. The minimum Gasteiger partial charge on any atom is -0.494 e. The largest absolute Gasteiger partial charge is 0.494 e. The summed E-state index contributed by atoms with van der Waals surface area (Å²) in [5, 5.41) is 0. The van der Waals surface area contributed by atoms with Gasteiger partial charge in [0.1, 0.15) is 23.0 Å². The lowest BCUT2D eigenvalue weighted by Crippen LogP contribution is -2.33. The van der Waals surface area contributed by atoms with E-state index >= 15 is 0 Å². The van der Waals surface area contributed by atoms with Gasteiger partial charge in [-0.3, -0.25) is 9.69 Å². The van der Waals surface area contributed by atoms with Crippen molar-refractivity contribution in [3.8, 4) is 11.5 Å². The van der Waals surface area contributed by atoms with Crippen molar-refractivity contribution in [2.75, 3.05) is 18.1 Å². The molecule has 32 heavy (non-hydrogen) atoms. The van der Waals surface area contributed by atoms with E-state index in [4.69, 9.17) is 9.47 Å². The van der Waals surface area contributed by atoms with E-state index in [9.17, 15) is 9.18 Å². The zero-order valence-corrected chi connectivity index (χ0v) is 17.9. The van der Waals surface area contributed by atoms with E-state index < -0.39 is 5.82 Å². The minimum absolute atomic E-state index is 0.223. The van der Waals surface area contributed by atoms with Crippen LogP contribution in [0.5, 0.6) is 11.5 Å². The second-order valence-corrected chi connectivity index (χ2v) is 7.01. The molecule has 162 valence electrons. The summed E-state index contributed by atoms with van der Waals surface area (Å²) in [5.74, 6) is 0.907. The van der Waals surface area contributed by atoms with Crippen LogP contribution >= 0.6 is 0 Å². The Balaban J connectivity index is 1.74. The molecule has 0 saturated carbocycles. The number of carbonyl (C=O) groups excluding carboxylic acids is 1. The molecule has 0 fully saturated rings. The number of amidine groups is 1. The monoisotopic (exact) mass is 430 g/mol. The van der Waals surface area contributed by atoms with Crippen LogP contribution in [-0.4, -0.2) is 25.0 Å². The molecular formula is C26H23FN2O3. The van der Waals surface area contributed by atoms with Gasteiger partial charge in [0, 0.05) is 0 Å². The summed E-state index contributed by atoms with van der Waals surface area (Å²) in [6.45, 7) is 4.94. The molecule has 4 rings (SSSR count). The van der Waals surface area contributed by atoms with Crippen molar-refractivity contribution in [2.24, 2.45) is 4.99 Å². The highest BCUT2D eigenvalue weighted by Crippen LogP contribution is 2.30. The van der Waals surface area contributed by atoms with E-state index in [1.165, 1.54) is 11.0 Å². The highest BCUT2D eigenvalue weighted by Gasteiger charge is 2.33. The highest BCUT2D eigenvalue weighted by molar-refractivity contribution is 6.33. The Hall–Kier alpha value is -3.93. The summed E-state index contributed by atoms with van der Waals surface area (Å²) in [6, 6.07) is 20.7.